The number of carbonyl (C=O) groups is 1. The Morgan fingerprint density at radius 1 is 1.21 bits per heavy atom. The van der Waals surface area contributed by atoms with Gasteiger partial charge in [0.25, 0.3) is 0 Å². The Labute approximate surface area is 142 Å². The minimum absolute atomic E-state index is 0.0302. The van der Waals surface area contributed by atoms with Crippen LogP contribution in [-0.4, -0.2) is 55.8 Å². The van der Waals surface area contributed by atoms with Crippen LogP contribution in [0.2, 0.25) is 0 Å². The Bertz CT molecular complexity index is 706. The number of benzene rings is 1. The van der Waals surface area contributed by atoms with Crippen LogP contribution < -0.4 is 4.74 Å². The molecular weight excluding hydrogens is 335 g/mol. The van der Waals surface area contributed by atoms with Gasteiger partial charge in [-0.15, -0.1) is 0 Å². The zero-order valence-electron chi connectivity index (χ0n) is 14.2. The van der Waals surface area contributed by atoms with E-state index in [-0.39, 0.29) is 29.2 Å². The molecule has 0 spiro atoms. The molecule has 24 heavy (non-hydrogen) atoms. The van der Waals surface area contributed by atoms with Gasteiger partial charge in [0, 0.05) is 33.1 Å². The number of ether oxygens (including phenoxy) is 1. The quantitative estimate of drug-likeness (QED) is 0.824. The first-order valence-electron chi connectivity index (χ1n) is 7.93. The van der Waals surface area contributed by atoms with Gasteiger partial charge in [-0.1, -0.05) is 0 Å². The minimum atomic E-state index is -3.80. The third kappa shape index (κ3) is 4.24. The number of nitrogens with zero attached hydrogens (tertiary/aromatic N) is 2. The van der Waals surface area contributed by atoms with Crippen LogP contribution in [0, 0.1) is 5.82 Å². The monoisotopic (exact) mass is 358 g/mol. The Morgan fingerprint density at radius 2 is 1.92 bits per heavy atom. The lowest BCUT2D eigenvalue weighted by atomic mass is 10.3. The van der Waals surface area contributed by atoms with E-state index < -0.39 is 15.8 Å². The van der Waals surface area contributed by atoms with Gasteiger partial charge in [0.05, 0.1) is 11.0 Å². The predicted molar refractivity (Wildman–Crippen MR) is 87.8 cm³/mol. The lowest BCUT2D eigenvalue weighted by Crippen LogP contribution is -2.36. The fraction of sp³-hybridized carbons (Fsp3) is 0.562. The number of hydrogen-bond donors (Lipinski definition) is 0. The van der Waals surface area contributed by atoms with Gasteiger partial charge >= 0.3 is 0 Å². The second-order valence-electron chi connectivity index (χ2n) is 6.02. The number of sulfonamides is 1. The van der Waals surface area contributed by atoms with Gasteiger partial charge in [0.15, 0.2) is 11.6 Å². The summed E-state index contributed by atoms with van der Waals surface area (Å²) >= 11 is 0. The van der Waals surface area contributed by atoms with Crippen LogP contribution in [-0.2, 0) is 14.8 Å². The highest BCUT2D eigenvalue weighted by molar-refractivity contribution is 7.89. The van der Waals surface area contributed by atoms with Crippen molar-refractivity contribution in [2.45, 2.75) is 38.2 Å². The maximum atomic E-state index is 14.1. The van der Waals surface area contributed by atoms with E-state index >= 15 is 0 Å². The van der Waals surface area contributed by atoms with Crippen molar-refractivity contribution in [1.82, 2.24) is 9.21 Å². The summed E-state index contributed by atoms with van der Waals surface area (Å²) in [5, 5.41) is 0. The van der Waals surface area contributed by atoms with Crippen molar-refractivity contribution in [3.05, 3.63) is 24.0 Å². The Hall–Kier alpha value is -1.67. The van der Waals surface area contributed by atoms with Gasteiger partial charge in [-0.2, -0.15) is 4.31 Å². The van der Waals surface area contributed by atoms with Crippen LogP contribution in [0.1, 0.15) is 27.2 Å². The average Bonchev–Trinajstić information content (AvgIpc) is 2.75. The van der Waals surface area contributed by atoms with E-state index in [9.17, 15) is 17.6 Å². The van der Waals surface area contributed by atoms with Crippen LogP contribution >= 0.6 is 0 Å². The van der Waals surface area contributed by atoms with Crippen molar-refractivity contribution in [1.29, 1.82) is 0 Å². The van der Waals surface area contributed by atoms with Crippen molar-refractivity contribution < 1.29 is 22.3 Å². The number of hydrogen-bond acceptors (Lipinski definition) is 4. The van der Waals surface area contributed by atoms with Gasteiger partial charge in [-0.05, 0) is 38.5 Å². The highest BCUT2D eigenvalue weighted by Crippen LogP contribution is 2.25. The van der Waals surface area contributed by atoms with Crippen molar-refractivity contribution in [2.24, 2.45) is 0 Å². The van der Waals surface area contributed by atoms with E-state index in [1.54, 1.807) is 18.7 Å². The molecule has 1 amide bonds. The summed E-state index contributed by atoms with van der Waals surface area (Å²) < 4.78 is 46.1. The summed E-state index contributed by atoms with van der Waals surface area (Å²) in [7, 11) is -3.80. The molecule has 1 aromatic rings. The molecule has 1 heterocycles. The molecule has 0 bridgehead atoms. The fourth-order valence-corrected chi connectivity index (χ4v) is 4.07. The number of carbonyl (C=O) groups excluding carboxylic acids is 1. The molecule has 0 unspecified atom stereocenters. The first kappa shape index (κ1) is 18.7. The minimum Gasteiger partial charge on any atom is -0.488 e. The fourth-order valence-electron chi connectivity index (χ4n) is 2.59. The van der Waals surface area contributed by atoms with Crippen molar-refractivity contribution in [3.8, 4) is 5.75 Å². The summed E-state index contributed by atoms with van der Waals surface area (Å²) in [5.74, 6) is -0.747. The van der Waals surface area contributed by atoms with Crippen LogP contribution in [0.3, 0.4) is 0 Å². The molecule has 1 aliphatic heterocycles. The van der Waals surface area contributed by atoms with E-state index in [0.29, 0.717) is 26.1 Å². The normalized spacial score (nSPS) is 17.0. The molecule has 0 aliphatic carbocycles. The highest BCUT2D eigenvalue weighted by Gasteiger charge is 2.28. The second-order valence-corrected chi connectivity index (χ2v) is 7.96. The third-order valence-electron chi connectivity index (χ3n) is 3.80. The van der Waals surface area contributed by atoms with Crippen LogP contribution in [0.5, 0.6) is 5.75 Å². The van der Waals surface area contributed by atoms with E-state index in [4.69, 9.17) is 4.74 Å². The van der Waals surface area contributed by atoms with E-state index in [2.05, 4.69) is 0 Å². The van der Waals surface area contributed by atoms with Gasteiger partial charge in [0.1, 0.15) is 0 Å². The first-order chi connectivity index (χ1) is 11.2. The maximum absolute atomic E-state index is 14.1. The van der Waals surface area contributed by atoms with Crippen LogP contribution in [0.4, 0.5) is 4.39 Å². The predicted octanol–water partition coefficient (Wildman–Crippen LogP) is 1.86. The van der Waals surface area contributed by atoms with Crippen molar-refractivity contribution in [3.63, 3.8) is 0 Å². The topological polar surface area (TPSA) is 66.9 Å². The van der Waals surface area contributed by atoms with E-state index in [0.717, 1.165) is 6.07 Å². The van der Waals surface area contributed by atoms with E-state index in [1.165, 1.54) is 23.4 Å². The summed E-state index contributed by atoms with van der Waals surface area (Å²) in [4.78, 5) is 13.0. The molecule has 1 aromatic carbocycles. The molecule has 1 aliphatic rings. The summed E-state index contributed by atoms with van der Waals surface area (Å²) in [6, 6.07) is 3.67. The van der Waals surface area contributed by atoms with Crippen molar-refractivity contribution in [2.75, 3.05) is 26.2 Å². The van der Waals surface area contributed by atoms with Crippen LogP contribution in [0.15, 0.2) is 23.1 Å². The van der Waals surface area contributed by atoms with E-state index in [1.807, 2.05) is 0 Å². The lowest BCUT2D eigenvalue weighted by Gasteiger charge is -2.21. The summed E-state index contributed by atoms with van der Waals surface area (Å²) in [6.45, 7) is 6.37. The van der Waals surface area contributed by atoms with Gasteiger partial charge in [-0.3, -0.25) is 4.79 Å². The second kappa shape index (κ2) is 7.48. The average molecular weight is 358 g/mol. The molecule has 0 aromatic heterocycles. The number of halogens is 1. The number of amides is 1. The molecule has 2 rings (SSSR count). The van der Waals surface area contributed by atoms with Crippen LogP contribution in [0.25, 0.3) is 0 Å². The molecular formula is C16H23FN2O4S. The molecule has 1 saturated heterocycles. The molecule has 0 radical (unpaired) electrons. The van der Waals surface area contributed by atoms with Gasteiger partial charge < -0.3 is 9.64 Å². The molecule has 0 atom stereocenters. The molecule has 0 N–H and O–H groups in total. The summed E-state index contributed by atoms with van der Waals surface area (Å²) in [5.41, 5.74) is 0. The van der Waals surface area contributed by atoms with Gasteiger partial charge in [-0.25, -0.2) is 12.8 Å². The molecule has 8 heteroatoms. The largest absolute Gasteiger partial charge is 0.488 e. The van der Waals surface area contributed by atoms with Gasteiger partial charge in [0.2, 0.25) is 15.9 Å². The smallest absolute Gasteiger partial charge is 0.243 e. The molecule has 134 valence electrons. The lowest BCUT2D eigenvalue weighted by molar-refractivity contribution is -0.128. The molecule has 0 saturated carbocycles. The highest BCUT2D eigenvalue weighted by atomic mass is 32.2. The van der Waals surface area contributed by atoms with Crippen molar-refractivity contribution >= 4 is 15.9 Å². The SMILES string of the molecule is CC(=O)N1CCCN(S(=O)(=O)c2ccc(OC(C)C)c(F)c2)CC1. The summed E-state index contributed by atoms with van der Waals surface area (Å²) in [6.07, 6.45) is 0.348. The Kier molecular flexibility index (Phi) is 5.82. The zero-order valence-corrected chi connectivity index (χ0v) is 15.0. The zero-order chi connectivity index (χ0) is 17.9. The Morgan fingerprint density at radius 3 is 2.50 bits per heavy atom. The maximum Gasteiger partial charge on any atom is 0.243 e. The first-order valence-corrected chi connectivity index (χ1v) is 9.37. The standard InChI is InChI=1S/C16H23FN2O4S/c1-12(2)23-16-6-5-14(11-15(16)17)24(21,22)19-8-4-7-18(9-10-19)13(3)20/h5-6,11-12H,4,7-10H2,1-3H3. The third-order valence-corrected chi connectivity index (χ3v) is 5.70. The Balaban J connectivity index is 2.21. The molecule has 1 fully saturated rings. The number of rotatable bonds is 4. The molecule has 6 nitrogen and oxygen atoms in total.